The Morgan fingerprint density at radius 2 is 2.17 bits per heavy atom. The fourth-order valence-electron chi connectivity index (χ4n) is 4.17. The molecule has 122 valence electrons. The topological polar surface area (TPSA) is 58.4 Å². The average molecular weight is 313 g/mol. The van der Waals surface area contributed by atoms with Gasteiger partial charge in [0.1, 0.15) is 5.52 Å². The number of piperidine rings is 3. The van der Waals surface area contributed by atoms with Gasteiger partial charge in [0.25, 0.3) is 0 Å². The van der Waals surface area contributed by atoms with Gasteiger partial charge >= 0.3 is 0 Å². The molecule has 3 saturated heterocycles. The van der Waals surface area contributed by atoms with Gasteiger partial charge in [0, 0.05) is 19.0 Å². The third kappa shape index (κ3) is 2.74. The van der Waals surface area contributed by atoms with Gasteiger partial charge in [-0.1, -0.05) is 6.07 Å². The van der Waals surface area contributed by atoms with Crippen LogP contribution in [0.5, 0.6) is 0 Å². The number of carbonyl (C=O) groups is 1. The minimum absolute atomic E-state index is 0.107. The van der Waals surface area contributed by atoms with Gasteiger partial charge in [0.05, 0.1) is 6.42 Å². The zero-order valence-corrected chi connectivity index (χ0v) is 13.7. The second-order valence-corrected chi connectivity index (χ2v) is 6.92. The summed E-state index contributed by atoms with van der Waals surface area (Å²) in [5, 5.41) is 3.28. The molecule has 0 unspecified atom stereocenters. The molecule has 2 atom stereocenters. The van der Waals surface area contributed by atoms with Crippen LogP contribution in [0.1, 0.15) is 31.2 Å². The third-order valence-corrected chi connectivity index (χ3v) is 5.43. The van der Waals surface area contributed by atoms with E-state index in [9.17, 15) is 4.79 Å². The van der Waals surface area contributed by atoms with E-state index in [4.69, 9.17) is 4.42 Å². The van der Waals surface area contributed by atoms with Gasteiger partial charge in [-0.25, -0.2) is 4.98 Å². The molecule has 2 bridgehead atoms. The van der Waals surface area contributed by atoms with Crippen molar-refractivity contribution in [3.63, 3.8) is 0 Å². The number of amides is 1. The highest BCUT2D eigenvalue weighted by Gasteiger charge is 2.40. The Morgan fingerprint density at radius 3 is 2.91 bits per heavy atom. The van der Waals surface area contributed by atoms with E-state index in [1.807, 2.05) is 25.1 Å². The average Bonchev–Trinajstić information content (AvgIpc) is 2.90. The number of oxazole rings is 1. The molecule has 5 rings (SSSR count). The second-order valence-electron chi connectivity index (χ2n) is 6.92. The smallest absolute Gasteiger partial charge is 0.224 e. The van der Waals surface area contributed by atoms with Crippen LogP contribution in [0.15, 0.2) is 22.6 Å². The molecule has 1 aromatic carbocycles. The van der Waals surface area contributed by atoms with Crippen LogP contribution in [0, 0.1) is 12.8 Å². The van der Waals surface area contributed by atoms with Crippen LogP contribution in [-0.2, 0) is 11.2 Å². The number of aromatic nitrogens is 1. The number of hydrogen-bond acceptors (Lipinski definition) is 4. The molecule has 4 heterocycles. The Kier molecular flexibility index (Phi) is 3.60. The Balaban J connectivity index is 1.44. The first-order valence-electron chi connectivity index (χ1n) is 8.49. The summed E-state index contributed by atoms with van der Waals surface area (Å²) in [6, 6.07) is 6.54. The van der Waals surface area contributed by atoms with E-state index < -0.39 is 0 Å². The molecule has 0 spiro atoms. The normalized spacial score (nSPS) is 29.8. The molecule has 0 saturated carbocycles. The Morgan fingerprint density at radius 1 is 1.39 bits per heavy atom. The lowest BCUT2D eigenvalue weighted by atomic mass is 9.79. The van der Waals surface area contributed by atoms with Crippen molar-refractivity contribution in [2.75, 3.05) is 13.1 Å². The standard InChI is InChI=1S/C18H23N3O2/c1-11-18(14-5-7-21(11)8-6-14)20-17(22)10-13-3-4-16-15(9-13)19-12(2)23-16/h3-4,9,11,14,18H,5-8,10H2,1-2H3,(H,20,22)/t11-,18+/m1/s1. The second kappa shape index (κ2) is 5.64. The number of rotatable bonds is 3. The predicted molar refractivity (Wildman–Crippen MR) is 88.1 cm³/mol. The lowest BCUT2D eigenvalue weighted by Gasteiger charge is -2.50. The summed E-state index contributed by atoms with van der Waals surface area (Å²) in [6.45, 7) is 6.43. The molecule has 3 aliphatic heterocycles. The molecular weight excluding hydrogens is 290 g/mol. The van der Waals surface area contributed by atoms with Gasteiger partial charge in [0.2, 0.25) is 5.91 Å². The molecule has 5 heteroatoms. The van der Waals surface area contributed by atoms with Gasteiger partial charge in [-0.15, -0.1) is 0 Å². The van der Waals surface area contributed by atoms with Crippen LogP contribution in [0.2, 0.25) is 0 Å². The SMILES string of the molecule is Cc1nc2cc(CC(=O)N[C@@H]3C4CCN(CC4)[C@@H]3C)ccc2o1. The predicted octanol–water partition coefficient (Wildman–Crippen LogP) is 2.28. The summed E-state index contributed by atoms with van der Waals surface area (Å²) in [5.41, 5.74) is 2.58. The molecule has 23 heavy (non-hydrogen) atoms. The van der Waals surface area contributed by atoms with Crippen LogP contribution in [0.25, 0.3) is 11.1 Å². The summed E-state index contributed by atoms with van der Waals surface area (Å²) in [4.78, 5) is 19.3. The van der Waals surface area contributed by atoms with Gasteiger partial charge in [-0.3, -0.25) is 9.69 Å². The fourth-order valence-corrected chi connectivity index (χ4v) is 4.17. The van der Waals surface area contributed by atoms with Crippen molar-refractivity contribution in [2.45, 2.75) is 45.2 Å². The van der Waals surface area contributed by atoms with Crippen molar-refractivity contribution in [1.82, 2.24) is 15.2 Å². The van der Waals surface area contributed by atoms with Crippen LogP contribution in [0.3, 0.4) is 0 Å². The molecular formula is C18H23N3O2. The minimum atomic E-state index is 0.107. The highest BCUT2D eigenvalue weighted by atomic mass is 16.3. The summed E-state index contributed by atoms with van der Waals surface area (Å²) in [5.74, 6) is 1.40. The molecule has 3 fully saturated rings. The highest BCUT2D eigenvalue weighted by molar-refractivity contribution is 5.81. The zero-order valence-electron chi connectivity index (χ0n) is 13.7. The van der Waals surface area contributed by atoms with E-state index in [1.165, 1.54) is 25.9 Å². The van der Waals surface area contributed by atoms with Crippen molar-refractivity contribution in [2.24, 2.45) is 5.92 Å². The molecule has 0 aliphatic carbocycles. The van der Waals surface area contributed by atoms with Gasteiger partial charge in [0.15, 0.2) is 11.5 Å². The lowest BCUT2D eigenvalue weighted by molar-refractivity contribution is -0.123. The quantitative estimate of drug-likeness (QED) is 0.944. The summed E-state index contributed by atoms with van der Waals surface area (Å²) < 4.78 is 5.48. The van der Waals surface area contributed by atoms with Crippen molar-refractivity contribution in [1.29, 1.82) is 0 Å². The largest absolute Gasteiger partial charge is 0.441 e. The van der Waals surface area contributed by atoms with Gasteiger partial charge in [-0.2, -0.15) is 0 Å². The third-order valence-electron chi connectivity index (χ3n) is 5.43. The first kappa shape index (κ1) is 14.7. The van der Waals surface area contributed by atoms with E-state index in [1.54, 1.807) is 0 Å². The van der Waals surface area contributed by atoms with Crippen molar-refractivity contribution in [3.8, 4) is 0 Å². The van der Waals surface area contributed by atoms with Crippen molar-refractivity contribution >= 4 is 17.0 Å². The molecule has 1 N–H and O–H groups in total. The van der Waals surface area contributed by atoms with E-state index in [2.05, 4.69) is 22.1 Å². The van der Waals surface area contributed by atoms with E-state index >= 15 is 0 Å². The number of carbonyl (C=O) groups excluding carboxylic acids is 1. The zero-order chi connectivity index (χ0) is 16.0. The molecule has 3 aliphatic rings. The first-order chi connectivity index (χ1) is 11.1. The Labute approximate surface area is 136 Å². The summed E-state index contributed by atoms with van der Waals surface area (Å²) in [6.07, 6.45) is 2.82. The van der Waals surface area contributed by atoms with Crippen LogP contribution < -0.4 is 5.32 Å². The van der Waals surface area contributed by atoms with Crippen LogP contribution in [-0.4, -0.2) is 41.0 Å². The van der Waals surface area contributed by atoms with Crippen LogP contribution in [0.4, 0.5) is 0 Å². The van der Waals surface area contributed by atoms with E-state index in [0.29, 0.717) is 30.3 Å². The maximum atomic E-state index is 12.5. The number of hydrogen-bond donors (Lipinski definition) is 1. The number of nitrogens with one attached hydrogen (secondary N) is 1. The minimum Gasteiger partial charge on any atom is -0.441 e. The Bertz CT molecular complexity index is 729. The molecule has 1 amide bonds. The highest BCUT2D eigenvalue weighted by Crippen LogP contribution is 2.32. The van der Waals surface area contributed by atoms with E-state index in [0.717, 1.165) is 16.7 Å². The fraction of sp³-hybridized carbons (Fsp3) is 0.556. The molecule has 0 radical (unpaired) electrons. The Hall–Kier alpha value is -1.88. The number of nitrogens with zero attached hydrogens (tertiary/aromatic N) is 2. The maximum absolute atomic E-state index is 12.5. The number of benzene rings is 1. The van der Waals surface area contributed by atoms with Gasteiger partial charge < -0.3 is 9.73 Å². The molecule has 2 aromatic rings. The van der Waals surface area contributed by atoms with E-state index in [-0.39, 0.29) is 5.91 Å². The lowest BCUT2D eigenvalue weighted by Crippen LogP contribution is -2.62. The van der Waals surface area contributed by atoms with Crippen LogP contribution >= 0.6 is 0 Å². The van der Waals surface area contributed by atoms with Crippen molar-refractivity contribution < 1.29 is 9.21 Å². The first-order valence-corrected chi connectivity index (χ1v) is 8.49. The monoisotopic (exact) mass is 313 g/mol. The number of fused-ring (bicyclic) bond motifs is 4. The van der Waals surface area contributed by atoms with Crippen molar-refractivity contribution in [3.05, 3.63) is 29.7 Å². The number of aryl methyl sites for hydroxylation is 1. The molecule has 5 nitrogen and oxygen atoms in total. The molecule has 1 aromatic heterocycles. The summed E-state index contributed by atoms with van der Waals surface area (Å²) >= 11 is 0. The van der Waals surface area contributed by atoms with Gasteiger partial charge in [-0.05, 0) is 56.5 Å². The maximum Gasteiger partial charge on any atom is 0.224 e. The summed E-state index contributed by atoms with van der Waals surface area (Å²) in [7, 11) is 0.